The van der Waals surface area contributed by atoms with E-state index in [4.69, 9.17) is 4.74 Å². The standard InChI is InChI=1S/C14H28O/c1-3-5-7-9-11-13-14(15-13)12-10-8-6-4-2/h13-14H,3-12H2,1-2H3/t13-,14+. The van der Waals surface area contributed by atoms with E-state index in [9.17, 15) is 0 Å². The van der Waals surface area contributed by atoms with Crippen molar-refractivity contribution >= 4 is 0 Å². The molecule has 0 bridgehead atoms. The molecule has 1 rings (SSSR count). The number of epoxide rings is 1. The van der Waals surface area contributed by atoms with Crippen LogP contribution >= 0.6 is 0 Å². The average molecular weight is 212 g/mol. The van der Waals surface area contributed by atoms with E-state index in [0.717, 1.165) is 0 Å². The van der Waals surface area contributed by atoms with Crippen LogP contribution in [0.25, 0.3) is 0 Å². The van der Waals surface area contributed by atoms with Gasteiger partial charge >= 0.3 is 0 Å². The number of ether oxygens (including phenoxy) is 1. The summed E-state index contributed by atoms with van der Waals surface area (Å²) < 4.78 is 5.68. The molecule has 0 amide bonds. The molecule has 1 aliphatic heterocycles. The minimum Gasteiger partial charge on any atom is -0.370 e. The lowest BCUT2D eigenvalue weighted by Gasteiger charge is -1.97. The van der Waals surface area contributed by atoms with Crippen molar-refractivity contribution in [1.29, 1.82) is 0 Å². The highest BCUT2D eigenvalue weighted by molar-refractivity contribution is 4.84. The molecular formula is C14H28O. The molecule has 15 heavy (non-hydrogen) atoms. The number of hydrogen-bond acceptors (Lipinski definition) is 1. The Hall–Kier alpha value is -0.0400. The Balaban J connectivity index is 1.81. The molecule has 90 valence electrons. The molecule has 1 fully saturated rings. The smallest absolute Gasteiger partial charge is 0.0841 e. The van der Waals surface area contributed by atoms with E-state index >= 15 is 0 Å². The van der Waals surface area contributed by atoms with Gasteiger partial charge in [0.25, 0.3) is 0 Å². The van der Waals surface area contributed by atoms with Gasteiger partial charge < -0.3 is 4.74 Å². The summed E-state index contributed by atoms with van der Waals surface area (Å²) >= 11 is 0. The Bertz CT molecular complexity index is 128. The Morgan fingerprint density at radius 1 is 0.667 bits per heavy atom. The molecular weight excluding hydrogens is 184 g/mol. The van der Waals surface area contributed by atoms with Crippen LogP contribution < -0.4 is 0 Å². The summed E-state index contributed by atoms with van der Waals surface area (Å²) in [6.45, 7) is 4.54. The Labute approximate surface area is 95.6 Å². The maximum Gasteiger partial charge on any atom is 0.0841 e. The molecule has 1 heterocycles. The minimum atomic E-state index is 0.642. The summed E-state index contributed by atoms with van der Waals surface area (Å²) in [4.78, 5) is 0. The Morgan fingerprint density at radius 3 is 1.53 bits per heavy atom. The molecule has 0 unspecified atom stereocenters. The van der Waals surface area contributed by atoms with E-state index in [1.807, 2.05) is 0 Å². The van der Waals surface area contributed by atoms with Crippen LogP contribution in [0.5, 0.6) is 0 Å². The summed E-state index contributed by atoms with van der Waals surface area (Å²) in [5, 5.41) is 0. The van der Waals surface area contributed by atoms with E-state index in [2.05, 4.69) is 13.8 Å². The van der Waals surface area contributed by atoms with Crippen LogP contribution in [0, 0.1) is 0 Å². The lowest BCUT2D eigenvalue weighted by atomic mass is 10.1. The van der Waals surface area contributed by atoms with Gasteiger partial charge in [0.05, 0.1) is 12.2 Å². The molecule has 0 radical (unpaired) electrons. The van der Waals surface area contributed by atoms with Crippen LogP contribution in [-0.4, -0.2) is 12.2 Å². The second-order valence-electron chi connectivity index (χ2n) is 4.91. The first kappa shape index (κ1) is 13.0. The zero-order chi connectivity index (χ0) is 10.9. The fraction of sp³-hybridized carbons (Fsp3) is 1.00. The number of hydrogen-bond donors (Lipinski definition) is 0. The first-order valence-electron chi connectivity index (χ1n) is 7.04. The maximum atomic E-state index is 5.68. The molecule has 0 N–H and O–H groups in total. The lowest BCUT2D eigenvalue weighted by Crippen LogP contribution is -1.94. The molecule has 0 saturated carbocycles. The van der Waals surface area contributed by atoms with Gasteiger partial charge in [-0.1, -0.05) is 65.2 Å². The van der Waals surface area contributed by atoms with Crippen LogP contribution in [0.2, 0.25) is 0 Å². The van der Waals surface area contributed by atoms with Gasteiger partial charge in [-0.25, -0.2) is 0 Å². The molecule has 1 nitrogen and oxygen atoms in total. The van der Waals surface area contributed by atoms with Crippen molar-refractivity contribution in [1.82, 2.24) is 0 Å². The molecule has 0 aromatic rings. The SMILES string of the molecule is CCCCCC[C@@H]1O[C@@H]1CCCCCC. The predicted octanol–water partition coefficient (Wildman–Crippen LogP) is 4.69. The summed E-state index contributed by atoms with van der Waals surface area (Å²) in [6.07, 6.45) is 15.0. The Morgan fingerprint density at radius 2 is 1.13 bits per heavy atom. The summed E-state index contributed by atoms with van der Waals surface area (Å²) in [7, 11) is 0. The zero-order valence-electron chi connectivity index (χ0n) is 10.6. The van der Waals surface area contributed by atoms with Gasteiger partial charge in [0.15, 0.2) is 0 Å². The van der Waals surface area contributed by atoms with E-state index < -0.39 is 0 Å². The average Bonchev–Trinajstić information content (AvgIpc) is 2.99. The molecule has 1 saturated heterocycles. The first-order valence-corrected chi connectivity index (χ1v) is 7.04. The van der Waals surface area contributed by atoms with Crippen molar-refractivity contribution in [2.75, 3.05) is 0 Å². The van der Waals surface area contributed by atoms with Gasteiger partial charge in [0, 0.05) is 0 Å². The highest BCUT2D eigenvalue weighted by Gasteiger charge is 2.36. The van der Waals surface area contributed by atoms with E-state index in [0.29, 0.717) is 12.2 Å². The van der Waals surface area contributed by atoms with Crippen LogP contribution in [0.3, 0.4) is 0 Å². The Kier molecular flexibility index (Phi) is 7.08. The van der Waals surface area contributed by atoms with E-state index in [1.165, 1.54) is 64.2 Å². The predicted molar refractivity (Wildman–Crippen MR) is 66.2 cm³/mol. The number of rotatable bonds is 10. The van der Waals surface area contributed by atoms with Gasteiger partial charge in [-0.2, -0.15) is 0 Å². The summed E-state index contributed by atoms with van der Waals surface area (Å²) in [6, 6.07) is 0. The van der Waals surface area contributed by atoms with E-state index in [-0.39, 0.29) is 0 Å². The quantitative estimate of drug-likeness (QED) is 0.378. The maximum absolute atomic E-state index is 5.68. The third kappa shape index (κ3) is 6.19. The largest absolute Gasteiger partial charge is 0.370 e. The molecule has 2 atom stereocenters. The first-order chi connectivity index (χ1) is 7.38. The van der Waals surface area contributed by atoms with Crippen molar-refractivity contribution in [3.63, 3.8) is 0 Å². The molecule has 0 aromatic carbocycles. The van der Waals surface area contributed by atoms with Gasteiger partial charge in [-0.3, -0.25) is 0 Å². The van der Waals surface area contributed by atoms with Crippen molar-refractivity contribution in [3.05, 3.63) is 0 Å². The van der Waals surface area contributed by atoms with Gasteiger partial charge in [-0.05, 0) is 12.8 Å². The van der Waals surface area contributed by atoms with Crippen LogP contribution in [0.15, 0.2) is 0 Å². The third-order valence-electron chi connectivity index (χ3n) is 3.37. The van der Waals surface area contributed by atoms with Crippen molar-refractivity contribution < 1.29 is 4.74 Å². The zero-order valence-corrected chi connectivity index (χ0v) is 10.6. The van der Waals surface area contributed by atoms with Crippen molar-refractivity contribution in [3.8, 4) is 0 Å². The molecule has 1 aliphatic rings. The summed E-state index contributed by atoms with van der Waals surface area (Å²) in [5.41, 5.74) is 0. The van der Waals surface area contributed by atoms with Gasteiger partial charge in [0.2, 0.25) is 0 Å². The van der Waals surface area contributed by atoms with Crippen molar-refractivity contribution in [2.45, 2.75) is 90.3 Å². The van der Waals surface area contributed by atoms with Crippen molar-refractivity contribution in [2.24, 2.45) is 0 Å². The fourth-order valence-electron chi connectivity index (χ4n) is 2.23. The van der Waals surface area contributed by atoms with Crippen LogP contribution in [0.4, 0.5) is 0 Å². The highest BCUT2D eigenvalue weighted by atomic mass is 16.6. The third-order valence-corrected chi connectivity index (χ3v) is 3.37. The summed E-state index contributed by atoms with van der Waals surface area (Å²) in [5.74, 6) is 0. The van der Waals surface area contributed by atoms with Crippen LogP contribution in [-0.2, 0) is 4.74 Å². The van der Waals surface area contributed by atoms with Crippen LogP contribution in [0.1, 0.15) is 78.1 Å². The minimum absolute atomic E-state index is 0.642. The highest BCUT2D eigenvalue weighted by Crippen LogP contribution is 2.31. The fourth-order valence-corrected chi connectivity index (χ4v) is 2.23. The molecule has 0 spiro atoms. The molecule has 0 aliphatic carbocycles. The van der Waals surface area contributed by atoms with Gasteiger partial charge in [-0.15, -0.1) is 0 Å². The second kappa shape index (κ2) is 8.15. The lowest BCUT2D eigenvalue weighted by molar-refractivity contribution is 0.348. The topological polar surface area (TPSA) is 12.5 Å². The molecule has 1 heteroatoms. The van der Waals surface area contributed by atoms with E-state index in [1.54, 1.807) is 0 Å². The monoisotopic (exact) mass is 212 g/mol. The number of unbranched alkanes of at least 4 members (excludes halogenated alkanes) is 6. The van der Waals surface area contributed by atoms with Gasteiger partial charge in [0.1, 0.15) is 0 Å². The normalized spacial score (nSPS) is 24.4. The molecule has 0 aromatic heterocycles. The second-order valence-corrected chi connectivity index (χ2v) is 4.91.